The molecule has 0 saturated carbocycles. The molecule has 5 rings (SSSR count). The van der Waals surface area contributed by atoms with Crippen LogP contribution in [0.5, 0.6) is 0 Å². The Morgan fingerprint density at radius 2 is 2.00 bits per heavy atom. The number of carbonyl (C=O) groups excluding carboxylic acids is 1. The number of nitrogens with zero attached hydrogens (tertiary/aromatic N) is 4. The molecule has 2 aromatic heterocycles. The van der Waals surface area contributed by atoms with Crippen LogP contribution in [0, 0.1) is 6.92 Å². The van der Waals surface area contributed by atoms with Crippen LogP contribution in [0.25, 0.3) is 22.1 Å². The van der Waals surface area contributed by atoms with Crippen LogP contribution in [0.15, 0.2) is 46.9 Å². The van der Waals surface area contributed by atoms with E-state index in [4.69, 9.17) is 10.2 Å². The third-order valence-electron chi connectivity index (χ3n) is 5.54. The summed E-state index contributed by atoms with van der Waals surface area (Å²) in [5.74, 6) is 0.928. The maximum atomic E-state index is 13.3. The third-order valence-corrected chi connectivity index (χ3v) is 5.54. The minimum Gasteiger partial charge on any atom is -0.423 e. The van der Waals surface area contributed by atoms with Crippen molar-refractivity contribution in [3.05, 3.63) is 53.9 Å². The maximum Gasteiger partial charge on any atom is 0.293 e. The zero-order valence-corrected chi connectivity index (χ0v) is 15.6. The summed E-state index contributed by atoms with van der Waals surface area (Å²) in [4.78, 5) is 24.1. The van der Waals surface area contributed by atoms with E-state index in [1.807, 2.05) is 36.1 Å². The Labute approximate surface area is 161 Å². The van der Waals surface area contributed by atoms with Gasteiger partial charge in [-0.05, 0) is 44.0 Å². The molecule has 1 saturated heterocycles. The van der Waals surface area contributed by atoms with E-state index in [0.717, 1.165) is 42.8 Å². The van der Waals surface area contributed by atoms with Crippen LogP contribution in [0.3, 0.4) is 0 Å². The molecule has 0 radical (unpaired) electrons. The van der Waals surface area contributed by atoms with E-state index in [-0.39, 0.29) is 18.0 Å². The van der Waals surface area contributed by atoms with Crippen molar-refractivity contribution in [2.75, 3.05) is 12.3 Å². The molecule has 1 unspecified atom stereocenters. The van der Waals surface area contributed by atoms with Gasteiger partial charge >= 0.3 is 0 Å². The standard InChI is InChI=1S/C21H21N5O2/c1-13-23-16-8-2-3-10-18(16)26(13)12-14-6-5-11-25(14)20(27)15-7-4-9-17-19(15)28-21(22)24-17/h2-4,7-10,14H,5-6,11-12H2,1H3,(H2,22,24). The fourth-order valence-corrected chi connectivity index (χ4v) is 4.22. The number of aryl methyl sites for hydroxylation is 1. The second-order valence-corrected chi connectivity index (χ2v) is 7.26. The lowest BCUT2D eigenvalue weighted by Crippen LogP contribution is -2.38. The SMILES string of the molecule is Cc1nc2ccccc2n1CC1CCCN1C(=O)c1cccc2nc(N)oc12. The van der Waals surface area contributed by atoms with Gasteiger partial charge < -0.3 is 19.6 Å². The molecule has 1 aliphatic rings. The molecule has 0 bridgehead atoms. The second kappa shape index (κ2) is 6.37. The number of rotatable bonds is 3. The Morgan fingerprint density at radius 1 is 1.18 bits per heavy atom. The molecular formula is C21H21N5O2. The molecule has 0 aliphatic carbocycles. The van der Waals surface area contributed by atoms with Crippen LogP contribution < -0.4 is 5.73 Å². The predicted octanol–water partition coefficient (Wildman–Crippen LogP) is 3.37. The number of benzene rings is 2. The fourth-order valence-electron chi connectivity index (χ4n) is 4.22. The zero-order chi connectivity index (χ0) is 19.3. The van der Waals surface area contributed by atoms with E-state index in [1.54, 1.807) is 12.1 Å². The molecule has 2 N–H and O–H groups in total. The van der Waals surface area contributed by atoms with Crippen LogP contribution in [0.1, 0.15) is 29.0 Å². The van der Waals surface area contributed by atoms with Crippen molar-refractivity contribution in [2.45, 2.75) is 32.4 Å². The van der Waals surface area contributed by atoms with Crippen molar-refractivity contribution < 1.29 is 9.21 Å². The summed E-state index contributed by atoms with van der Waals surface area (Å²) in [6.07, 6.45) is 1.95. The normalized spacial score (nSPS) is 17.0. The lowest BCUT2D eigenvalue weighted by atomic mass is 10.1. The number of likely N-dealkylation sites (tertiary alicyclic amines) is 1. The zero-order valence-electron chi connectivity index (χ0n) is 15.6. The summed E-state index contributed by atoms with van der Waals surface area (Å²) < 4.78 is 7.71. The number of hydrogen-bond donors (Lipinski definition) is 1. The minimum absolute atomic E-state index is 0.0358. The largest absolute Gasteiger partial charge is 0.423 e. The number of oxazole rings is 1. The summed E-state index contributed by atoms with van der Waals surface area (Å²) in [5, 5.41) is 0. The number of hydrogen-bond acceptors (Lipinski definition) is 5. The van der Waals surface area contributed by atoms with Gasteiger partial charge in [-0.15, -0.1) is 0 Å². The summed E-state index contributed by atoms with van der Waals surface area (Å²) in [7, 11) is 0. The van der Waals surface area contributed by atoms with E-state index in [0.29, 0.717) is 16.7 Å². The van der Waals surface area contributed by atoms with Crippen LogP contribution >= 0.6 is 0 Å². The topological polar surface area (TPSA) is 90.2 Å². The van der Waals surface area contributed by atoms with Crippen molar-refractivity contribution in [3.63, 3.8) is 0 Å². The molecule has 142 valence electrons. The van der Waals surface area contributed by atoms with Crippen molar-refractivity contribution in [1.82, 2.24) is 19.4 Å². The molecule has 0 spiro atoms. The maximum absolute atomic E-state index is 13.3. The molecule has 7 nitrogen and oxygen atoms in total. The number of amides is 1. The summed E-state index contributed by atoms with van der Waals surface area (Å²) in [6.45, 7) is 3.47. The number of fused-ring (bicyclic) bond motifs is 2. The smallest absolute Gasteiger partial charge is 0.293 e. The van der Waals surface area contributed by atoms with E-state index >= 15 is 0 Å². The summed E-state index contributed by atoms with van der Waals surface area (Å²) >= 11 is 0. The van der Waals surface area contributed by atoms with Crippen molar-refractivity contribution in [1.29, 1.82) is 0 Å². The Kier molecular flexibility index (Phi) is 3.82. The molecule has 1 atom stereocenters. The highest BCUT2D eigenvalue weighted by Gasteiger charge is 2.32. The molecule has 7 heteroatoms. The first kappa shape index (κ1) is 16.8. The number of aromatic nitrogens is 3. The van der Waals surface area contributed by atoms with E-state index in [1.165, 1.54) is 0 Å². The summed E-state index contributed by atoms with van der Waals surface area (Å²) in [5.41, 5.74) is 9.35. The van der Waals surface area contributed by atoms with Crippen LogP contribution in [-0.4, -0.2) is 37.9 Å². The van der Waals surface area contributed by atoms with Gasteiger partial charge in [0.05, 0.1) is 22.6 Å². The highest BCUT2D eigenvalue weighted by Crippen LogP contribution is 2.28. The Bertz CT molecular complexity index is 1190. The van der Waals surface area contributed by atoms with Gasteiger partial charge in [-0.2, -0.15) is 4.98 Å². The minimum atomic E-state index is -0.0358. The summed E-state index contributed by atoms with van der Waals surface area (Å²) in [6, 6.07) is 13.7. The van der Waals surface area contributed by atoms with Gasteiger partial charge in [0.2, 0.25) is 0 Å². The molecular weight excluding hydrogens is 354 g/mol. The Balaban J connectivity index is 1.48. The molecule has 2 aromatic carbocycles. The number of anilines is 1. The average molecular weight is 375 g/mol. The predicted molar refractivity (Wildman–Crippen MR) is 107 cm³/mol. The van der Waals surface area contributed by atoms with Crippen molar-refractivity contribution in [2.24, 2.45) is 0 Å². The molecule has 1 aliphatic heterocycles. The lowest BCUT2D eigenvalue weighted by molar-refractivity contribution is 0.0725. The van der Waals surface area contributed by atoms with E-state index in [9.17, 15) is 4.79 Å². The lowest BCUT2D eigenvalue weighted by Gasteiger charge is -2.26. The van der Waals surface area contributed by atoms with Gasteiger partial charge in [-0.3, -0.25) is 4.79 Å². The van der Waals surface area contributed by atoms with E-state index in [2.05, 4.69) is 20.6 Å². The van der Waals surface area contributed by atoms with Crippen molar-refractivity contribution >= 4 is 34.1 Å². The molecule has 3 heterocycles. The number of carbonyl (C=O) groups is 1. The van der Waals surface area contributed by atoms with Gasteiger partial charge in [0, 0.05) is 13.1 Å². The quantitative estimate of drug-likeness (QED) is 0.593. The molecule has 4 aromatic rings. The highest BCUT2D eigenvalue weighted by atomic mass is 16.4. The van der Waals surface area contributed by atoms with Crippen LogP contribution in [0.2, 0.25) is 0 Å². The van der Waals surface area contributed by atoms with Crippen molar-refractivity contribution in [3.8, 4) is 0 Å². The first-order valence-electron chi connectivity index (χ1n) is 9.49. The Hall–Kier alpha value is -3.35. The number of para-hydroxylation sites is 3. The number of imidazole rings is 1. The first-order valence-corrected chi connectivity index (χ1v) is 9.49. The fraction of sp³-hybridized carbons (Fsp3) is 0.286. The van der Waals surface area contributed by atoms with Crippen LogP contribution in [0.4, 0.5) is 6.01 Å². The number of nitrogens with two attached hydrogens (primary N) is 1. The highest BCUT2D eigenvalue weighted by molar-refractivity contribution is 6.04. The van der Waals surface area contributed by atoms with Gasteiger partial charge in [0.1, 0.15) is 11.3 Å². The second-order valence-electron chi connectivity index (χ2n) is 7.26. The third kappa shape index (κ3) is 2.62. The molecule has 1 amide bonds. The Morgan fingerprint density at radius 3 is 2.89 bits per heavy atom. The monoisotopic (exact) mass is 375 g/mol. The first-order chi connectivity index (χ1) is 13.6. The van der Waals surface area contributed by atoms with Gasteiger partial charge in [-0.25, -0.2) is 4.98 Å². The average Bonchev–Trinajstić information content (AvgIpc) is 3.38. The van der Waals surface area contributed by atoms with E-state index < -0.39 is 0 Å². The van der Waals surface area contributed by atoms with Crippen LogP contribution in [-0.2, 0) is 6.54 Å². The van der Waals surface area contributed by atoms with Gasteiger partial charge in [-0.1, -0.05) is 18.2 Å². The number of nitrogen functional groups attached to an aromatic ring is 1. The molecule has 1 fully saturated rings. The molecule has 28 heavy (non-hydrogen) atoms. The van der Waals surface area contributed by atoms with Gasteiger partial charge in [0.25, 0.3) is 11.9 Å². The van der Waals surface area contributed by atoms with Gasteiger partial charge in [0.15, 0.2) is 5.58 Å².